The zero-order chi connectivity index (χ0) is 14.0. The van der Waals surface area contributed by atoms with Crippen molar-refractivity contribution in [2.75, 3.05) is 18.0 Å². The summed E-state index contributed by atoms with van der Waals surface area (Å²) >= 11 is 0. The molecule has 1 aromatic heterocycles. The highest BCUT2D eigenvalue weighted by Gasteiger charge is 2.30. The van der Waals surface area contributed by atoms with Gasteiger partial charge < -0.3 is 9.80 Å². The highest BCUT2D eigenvalue weighted by Crippen LogP contribution is 2.24. The first-order valence-electron chi connectivity index (χ1n) is 7.00. The lowest BCUT2D eigenvalue weighted by Gasteiger charge is -2.45. The summed E-state index contributed by atoms with van der Waals surface area (Å²) in [6.45, 7) is 9.70. The van der Waals surface area contributed by atoms with E-state index in [0.29, 0.717) is 12.1 Å². The van der Waals surface area contributed by atoms with E-state index < -0.39 is 0 Å². The standard InChI is InChI=1S/C15H23N3O/c1-5-14-6-15(8-16-7-14)18-11(2)9-17(13(4)19)10-12(18)3/h6-8,11-12H,5,9-10H2,1-4H3/t11-,12+. The van der Waals surface area contributed by atoms with E-state index >= 15 is 0 Å². The fourth-order valence-electron chi connectivity index (χ4n) is 2.90. The van der Waals surface area contributed by atoms with Crippen molar-refractivity contribution in [3.63, 3.8) is 0 Å². The fraction of sp³-hybridized carbons (Fsp3) is 0.600. The Labute approximate surface area is 115 Å². The SMILES string of the molecule is CCc1cncc(N2[C@H](C)CN(C(C)=O)C[C@@H]2C)c1. The molecule has 4 nitrogen and oxygen atoms in total. The third kappa shape index (κ3) is 2.88. The van der Waals surface area contributed by atoms with Crippen LogP contribution in [-0.4, -0.2) is 41.0 Å². The Morgan fingerprint density at radius 2 is 1.95 bits per heavy atom. The Balaban J connectivity index is 2.22. The van der Waals surface area contributed by atoms with Crippen molar-refractivity contribution in [3.05, 3.63) is 24.0 Å². The first-order valence-corrected chi connectivity index (χ1v) is 7.00. The molecular weight excluding hydrogens is 238 g/mol. The topological polar surface area (TPSA) is 36.4 Å². The van der Waals surface area contributed by atoms with E-state index in [1.807, 2.05) is 17.3 Å². The maximum atomic E-state index is 11.5. The number of rotatable bonds is 2. The second kappa shape index (κ2) is 5.59. The smallest absolute Gasteiger partial charge is 0.219 e. The van der Waals surface area contributed by atoms with Gasteiger partial charge in [0.25, 0.3) is 0 Å². The van der Waals surface area contributed by atoms with E-state index in [9.17, 15) is 4.79 Å². The molecule has 0 aromatic carbocycles. The number of pyridine rings is 1. The maximum absolute atomic E-state index is 11.5. The van der Waals surface area contributed by atoms with E-state index in [1.165, 1.54) is 11.3 Å². The summed E-state index contributed by atoms with van der Waals surface area (Å²) in [5.41, 5.74) is 2.42. The number of piperazine rings is 1. The summed E-state index contributed by atoms with van der Waals surface area (Å²) in [5.74, 6) is 0.166. The molecule has 1 aliphatic heterocycles. The van der Waals surface area contributed by atoms with Crippen molar-refractivity contribution < 1.29 is 4.79 Å². The van der Waals surface area contributed by atoms with E-state index in [4.69, 9.17) is 0 Å². The Morgan fingerprint density at radius 3 is 2.47 bits per heavy atom. The van der Waals surface area contributed by atoms with Crippen LogP contribution in [0.25, 0.3) is 0 Å². The van der Waals surface area contributed by atoms with Gasteiger partial charge in [-0.25, -0.2) is 0 Å². The summed E-state index contributed by atoms with van der Waals surface area (Å²) in [4.78, 5) is 20.2. The first kappa shape index (κ1) is 13.8. The molecule has 4 heteroatoms. The average Bonchev–Trinajstić information content (AvgIpc) is 2.38. The van der Waals surface area contributed by atoms with Gasteiger partial charge >= 0.3 is 0 Å². The molecule has 0 N–H and O–H groups in total. The number of amides is 1. The van der Waals surface area contributed by atoms with Gasteiger partial charge in [-0.15, -0.1) is 0 Å². The first-order chi connectivity index (χ1) is 9.02. The Kier molecular flexibility index (Phi) is 4.08. The number of carbonyl (C=O) groups excluding carboxylic acids is 1. The second-order valence-electron chi connectivity index (χ2n) is 5.43. The van der Waals surface area contributed by atoms with Crippen LogP contribution < -0.4 is 4.90 Å². The third-order valence-corrected chi connectivity index (χ3v) is 3.85. The summed E-state index contributed by atoms with van der Waals surface area (Å²) in [5, 5.41) is 0. The zero-order valence-corrected chi connectivity index (χ0v) is 12.3. The Bertz CT molecular complexity index is 448. The molecule has 0 spiro atoms. The number of anilines is 1. The highest BCUT2D eigenvalue weighted by atomic mass is 16.2. The molecule has 1 fully saturated rings. The molecule has 104 valence electrons. The van der Waals surface area contributed by atoms with Crippen LogP contribution >= 0.6 is 0 Å². The van der Waals surface area contributed by atoms with Crippen molar-refractivity contribution in [3.8, 4) is 0 Å². The van der Waals surface area contributed by atoms with Gasteiger partial charge in [-0.3, -0.25) is 9.78 Å². The van der Waals surface area contributed by atoms with Gasteiger partial charge in [0.2, 0.25) is 5.91 Å². The van der Waals surface area contributed by atoms with Crippen LogP contribution in [-0.2, 0) is 11.2 Å². The molecule has 0 bridgehead atoms. The van der Waals surface area contributed by atoms with E-state index in [0.717, 1.165) is 19.5 Å². The largest absolute Gasteiger partial charge is 0.361 e. The molecule has 19 heavy (non-hydrogen) atoms. The third-order valence-electron chi connectivity index (χ3n) is 3.85. The lowest BCUT2D eigenvalue weighted by molar-refractivity contribution is -0.130. The Hall–Kier alpha value is -1.58. The minimum absolute atomic E-state index is 0.166. The zero-order valence-electron chi connectivity index (χ0n) is 12.3. The van der Waals surface area contributed by atoms with Gasteiger partial charge in [0.05, 0.1) is 11.9 Å². The number of hydrogen-bond donors (Lipinski definition) is 0. The number of nitrogens with zero attached hydrogens (tertiary/aromatic N) is 3. The van der Waals surface area contributed by atoms with Crippen molar-refractivity contribution >= 4 is 11.6 Å². The monoisotopic (exact) mass is 261 g/mol. The summed E-state index contributed by atoms with van der Waals surface area (Å²) in [7, 11) is 0. The molecule has 1 aromatic rings. The molecule has 1 saturated heterocycles. The molecule has 0 radical (unpaired) electrons. The quantitative estimate of drug-likeness (QED) is 0.818. The molecule has 2 atom stereocenters. The molecule has 2 heterocycles. The molecule has 0 aliphatic carbocycles. The van der Waals surface area contributed by atoms with Gasteiger partial charge in [0, 0.05) is 38.3 Å². The lowest BCUT2D eigenvalue weighted by Crippen LogP contribution is -2.58. The van der Waals surface area contributed by atoms with Gasteiger partial charge in [-0.1, -0.05) is 6.92 Å². The molecule has 2 rings (SSSR count). The predicted octanol–water partition coefficient (Wildman–Crippen LogP) is 2.09. The normalized spacial score (nSPS) is 23.6. The number of hydrogen-bond acceptors (Lipinski definition) is 3. The molecule has 0 unspecified atom stereocenters. The van der Waals surface area contributed by atoms with Crippen LogP contribution in [0.3, 0.4) is 0 Å². The van der Waals surface area contributed by atoms with Crippen LogP contribution in [0.15, 0.2) is 18.5 Å². The molecule has 0 saturated carbocycles. The van der Waals surface area contributed by atoms with Crippen molar-refractivity contribution in [1.29, 1.82) is 0 Å². The minimum atomic E-state index is 0.166. The summed E-state index contributed by atoms with van der Waals surface area (Å²) in [6, 6.07) is 2.85. The van der Waals surface area contributed by atoms with E-state index in [2.05, 4.69) is 36.7 Å². The van der Waals surface area contributed by atoms with Crippen molar-refractivity contribution in [2.45, 2.75) is 46.2 Å². The lowest BCUT2D eigenvalue weighted by atomic mass is 10.1. The molecule has 1 amide bonds. The Morgan fingerprint density at radius 1 is 1.32 bits per heavy atom. The highest BCUT2D eigenvalue weighted by molar-refractivity contribution is 5.73. The van der Waals surface area contributed by atoms with Crippen molar-refractivity contribution in [1.82, 2.24) is 9.88 Å². The molecular formula is C15H23N3O. The van der Waals surface area contributed by atoms with Crippen LogP contribution in [0.4, 0.5) is 5.69 Å². The number of carbonyl (C=O) groups is 1. The fourth-order valence-corrected chi connectivity index (χ4v) is 2.90. The van der Waals surface area contributed by atoms with E-state index in [1.54, 1.807) is 6.92 Å². The van der Waals surface area contributed by atoms with Crippen LogP contribution in [0, 0.1) is 0 Å². The predicted molar refractivity (Wildman–Crippen MR) is 77.3 cm³/mol. The van der Waals surface area contributed by atoms with Crippen LogP contribution in [0.5, 0.6) is 0 Å². The van der Waals surface area contributed by atoms with Crippen LogP contribution in [0.1, 0.15) is 33.3 Å². The number of aromatic nitrogens is 1. The summed E-state index contributed by atoms with van der Waals surface area (Å²) < 4.78 is 0. The maximum Gasteiger partial charge on any atom is 0.219 e. The van der Waals surface area contributed by atoms with Crippen molar-refractivity contribution in [2.24, 2.45) is 0 Å². The summed E-state index contributed by atoms with van der Waals surface area (Å²) in [6.07, 6.45) is 4.84. The van der Waals surface area contributed by atoms with Gasteiger partial charge in [0.1, 0.15) is 0 Å². The van der Waals surface area contributed by atoms with Gasteiger partial charge in [0.15, 0.2) is 0 Å². The van der Waals surface area contributed by atoms with Crippen LogP contribution in [0.2, 0.25) is 0 Å². The second-order valence-corrected chi connectivity index (χ2v) is 5.43. The molecule has 1 aliphatic rings. The average molecular weight is 261 g/mol. The van der Waals surface area contributed by atoms with E-state index in [-0.39, 0.29) is 5.91 Å². The van der Waals surface area contributed by atoms with Gasteiger partial charge in [-0.2, -0.15) is 0 Å². The minimum Gasteiger partial charge on any atom is -0.361 e. The van der Waals surface area contributed by atoms with Gasteiger partial charge in [-0.05, 0) is 31.9 Å². The number of aryl methyl sites for hydroxylation is 1.